The van der Waals surface area contributed by atoms with Crippen molar-refractivity contribution in [1.82, 2.24) is 0 Å². The molecule has 2 nitrogen and oxygen atoms in total. The van der Waals surface area contributed by atoms with Gasteiger partial charge in [-0.25, -0.2) is 0 Å². The van der Waals surface area contributed by atoms with Crippen LogP contribution in [0.1, 0.15) is 84.6 Å². The maximum absolute atomic E-state index is 12.7. The van der Waals surface area contributed by atoms with Crippen molar-refractivity contribution < 1.29 is 9.59 Å². The lowest BCUT2D eigenvalue weighted by atomic mass is 9.77. The molecule has 2 aliphatic carbocycles. The molecule has 0 heterocycles. The zero-order chi connectivity index (χ0) is 15.5. The van der Waals surface area contributed by atoms with E-state index in [1.165, 1.54) is 24.8 Å². The monoisotopic (exact) mass is 296 g/mol. The van der Waals surface area contributed by atoms with Crippen LogP contribution in [0.25, 0.3) is 0 Å². The third kappa shape index (κ3) is 2.79. The molecule has 0 spiro atoms. The number of ketones is 2. The quantitative estimate of drug-likeness (QED) is 0.712. The lowest BCUT2D eigenvalue weighted by Gasteiger charge is -2.24. The number of unbranched alkanes of at least 4 members (excludes halogenated alkanes) is 3. The summed E-state index contributed by atoms with van der Waals surface area (Å²) in [6.07, 6.45) is 9.50. The van der Waals surface area contributed by atoms with Gasteiger partial charge in [0.2, 0.25) is 0 Å². The van der Waals surface area contributed by atoms with Crippen molar-refractivity contribution >= 4 is 11.6 Å². The van der Waals surface area contributed by atoms with Crippen molar-refractivity contribution in [2.75, 3.05) is 0 Å². The van der Waals surface area contributed by atoms with Crippen molar-refractivity contribution in [2.45, 2.75) is 64.7 Å². The summed E-state index contributed by atoms with van der Waals surface area (Å²) < 4.78 is 0. The van der Waals surface area contributed by atoms with Gasteiger partial charge in [0, 0.05) is 22.3 Å². The van der Waals surface area contributed by atoms with Crippen LogP contribution in [-0.4, -0.2) is 11.6 Å². The first-order chi connectivity index (χ1) is 10.7. The fourth-order valence-corrected chi connectivity index (χ4v) is 3.62. The number of Topliss-reactive ketones (excluding diaryl/α,β-unsaturated/α-hetero) is 2. The Kier molecular flexibility index (Phi) is 4.56. The summed E-state index contributed by atoms with van der Waals surface area (Å²) in [6, 6.07) is 5.88. The van der Waals surface area contributed by atoms with Gasteiger partial charge in [-0.3, -0.25) is 9.59 Å². The number of carbonyl (C=O) groups excluding carboxylic acids is 2. The molecule has 22 heavy (non-hydrogen) atoms. The van der Waals surface area contributed by atoms with Crippen LogP contribution < -0.4 is 0 Å². The first kappa shape index (κ1) is 15.2. The van der Waals surface area contributed by atoms with E-state index in [1.54, 1.807) is 0 Å². The average molecular weight is 296 g/mol. The van der Waals surface area contributed by atoms with Gasteiger partial charge in [-0.15, -0.1) is 0 Å². The molecule has 0 saturated carbocycles. The molecule has 0 N–H and O–H groups in total. The van der Waals surface area contributed by atoms with Crippen molar-refractivity contribution in [1.29, 1.82) is 0 Å². The summed E-state index contributed by atoms with van der Waals surface area (Å²) in [5.41, 5.74) is 4.06. The fourth-order valence-electron chi connectivity index (χ4n) is 3.62. The summed E-state index contributed by atoms with van der Waals surface area (Å²) in [4.78, 5) is 25.3. The SMILES string of the molecule is CCCCCCc1ccc2c(c1)C(=O)C1=C(CCCC1)C2=O. The van der Waals surface area contributed by atoms with Gasteiger partial charge in [0.25, 0.3) is 0 Å². The molecule has 3 rings (SSSR count). The smallest absolute Gasteiger partial charge is 0.190 e. The van der Waals surface area contributed by atoms with Gasteiger partial charge >= 0.3 is 0 Å². The molecule has 0 atom stereocenters. The van der Waals surface area contributed by atoms with Crippen LogP contribution in [0.5, 0.6) is 0 Å². The van der Waals surface area contributed by atoms with E-state index >= 15 is 0 Å². The first-order valence-corrected chi connectivity index (χ1v) is 8.66. The molecule has 0 amide bonds. The Balaban J connectivity index is 1.84. The van der Waals surface area contributed by atoms with Gasteiger partial charge in [0.1, 0.15) is 0 Å². The maximum Gasteiger partial charge on any atom is 0.190 e. The summed E-state index contributed by atoms with van der Waals surface area (Å²) in [7, 11) is 0. The molecule has 1 aromatic carbocycles. The van der Waals surface area contributed by atoms with E-state index in [-0.39, 0.29) is 11.6 Å². The Morgan fingerprint density at radius 2 is 1.55 bits per heavy atom. The lowest BCUT2D eigenvalue weighted by Crippen LogP contribution is -2.24. The normalized spacial score (nSPS) is 17.5. The largest absolute Gasteiger partial charge is 0.289 e. The molecular weight excluding hydrogens is 272 g/mol. The molecular formula is C20H24O2. The van der Waals surface area contributed by atoms with Gasteiger partial charge in [0.15, 0.2) is 11.6 Å². The van der Waals surface area contributed by atoms with E-state index in [0.717, 1.165) is 49.7 Å². The van der Waals surface area contributed by atoms with Gasteiger partial charge < -0.3 is 0 Å². The highest BCUT2D eigenvalue weighted by molar-refractivity contribution is 6.27. The van der Waals surface area contributed by atoms with Crippen LogP contribution in [-0.2, 0) is 6.42 Å². The van der Waals surface area contributed by atoms with E-state index in [1.807, 2.05) is 18.2 Å². The second kappa shape index (κ2) is 6.60. The fraction of sp³-hybridized carbons (Fsp3) is 0.500. The number of benzene rings is 1. The Bertz CT molecular complexity index is 637. The third-order valence-corrected chi connectivity index (χ3v) is 4.91. The van der Waals surface area contributed by atoms with Crippen molar-refractivity contribution in [3.05, 3.63) is 46.0 Å². The average Bonchev–Trinajstić information content (AvgIpc) is 2.56. The Morgan fingerprint density at radius 3 is 2.23 bits per heavy atom. The van der Waals surface area contributed by atoms with Crippen LogP contribution in [0.2, 0.25) is 0 Å². The molecule has 0 radical (unpaired) electrons. The maximum atomic E-state index is 12.7. The van der Waals surface area contributed by atoms with Crippen LogP contribution >= 0.6 is 0 Å². The van der Waals surface area contributed by atoms with Gasteiger partial charge in [-0.05, 0) is 50.2 Å². The summed E-state index contributed by atoms with van der Waals surface area (Å²) >= 11 is 0. The van der Waals surface area contributed by atoms with E-state index in [0.29, 0.717) is 11.1 Å². The molecule has 116 valence electrons. The van der Waals surface area contributed by atoms with E-state index in [4.69, 9.17) is 0 Å². The highest BCUT2D eigenvalue weighted by atomic mass is 16.1. The number of fused-ring (bicyclic) bond motifs is 1. The highest BCUT2D eigenvalue weighted by Gasteiger charge is 2.33. The molecule has 0 saturated heterocycles. The molecule has 1 aromatic rings. The number of carbonyl (C=O) groups is 2. The third-order valence-electron chi connectivity index (χ3n) is 4.91. The minimum atomic E-state index is 0.0989. The standard InChI is InChI=1S/C20H24O2/c1-2-3-4-5-8-14-11-12-17-18(13-14)20(22)16-10-7-6-9-15(16)19(17)21/h11-13H,2-10H2,1H3. The summed E-state index contributed by atoms with van der Waals surface area (Å²) in [5.74, 6) is 0.210. The van der Waals surface area contributed by atoms with Crippen LogP contribution in [0.4, 0.5) is 0 Å². The number of aryl methyl sites for hydroxylation is 1. The molecule has 2 aliphatic rings. The predicted molar refractivity (Wildman–Crippen MR) is 88.4 cm³/mol. The lowest BCUT2D eigenvalue weighted by molar-refractivity contribution is 0.0964. The topological polar surface area (TPSA) is 34.1 Å². The predicted octanol–water partition coefficient (Wildman–Crippen LogP) is 5.06. The van der Waals surface area contributed by atoms with E-state index in [9.17, 15) is 9.59 Å². The molecule has 0 aliphatic heterocycles. The van der Waals surface area contributed by atoms with Crippen LogP contribution in [0.15, 0.2) is 29.3 Å². The zero-order valence-electron chi connectivity index (χ0n) is 13.4. The molecule has 0 unspecified atom stereocenters. The molecule has 0 bridgehead atoms. The van der Waals surface area contributed by atoms with Gasteiger partial charge in [-0.2, -0.15) is 0 Å². The Labute approximate surface area is 132 Å². The molecule has 0 fully saturated rings. The second-order valence-corrected chi connectivity index (χ2v) is 6.51. The summed E-state index contributed by atoms with van der Waals surface area (Å²) in [5, 5.41) is 0. The Morgan fingerprint density at radius 1 is 0.864 bits per heavy atom. The molecule has 0 aromatic heterocycles. The van der Waals surface area contributed by atoms with Crippen LogP contribution in [0.3, 0.4) is 0 Å². The Hall–Kier alpha value is -1.70. The minimum absolute atomic E-state index is 0.0989. The number of hydrogen-bond acceptors (Lipinski definition) is 2. The van der Waals surface area contributed by atoms with Crippen molar-refractivity contribution in [3.8, 4) is 0 Å². The highest BCUT2D eigenvalue weighted by Crippen LogP contribution is 2.35. The second-order valence-electron chi connectivity index (χ2n) is 6.51. The number of hydrogen-bond donors (Lipinski definition) is 0. The van der Waals surface area contributed by atoms with Crippen LogP contribution in [0, 0.1) is 0 Å². The van der Waals surface area contributed by atoms with Gasteiger partial charge in [0.05, 0.1) is 0 Å². The van der Waals surface area contributed by atoms with Crippen molar-refractivity contribution in [3.63, 3.8) is 0 Å². The van der Waals surface area contributed by atoms with Crippen molar-refractivity contribution in [2.24, 2.45) is 0 Å². The summed E-state index contributed by atoms with van der Waals surface area (Å²) in [6.45, 7) is 2.21. The van der Waals surface area contributed by atoms with Gasteiger partial charge in [-0.1, -0.05) is 38.3 Å². The minimum Gasteiger partial charge on any atom is -0.289 e. The van der Waals surface area contributed by atoms with E-state index in [2.05, 4.69) is 6.92 Å². The number of rotatable bonds is 5. The first-order valence-electron chi connectivity index (χ1n) is 8.66. The van der Waals surface area contributed by atoms with E-state index < -0.39 is 0 Å². The molecule has 2 heteroatoms. The zero-order valence-corrected chi connectivity index (χ0v) is 13.4. The number of allylic oxidation sites excluding steroid dienone is 2.